The van der Waals surface area contributed by atoms with Crippen LogP contribution in [0.2, 0.25) is 0 Å². The lowest BCUT2D eigenvalue weighted by Crippen LogP contribution is -2.34. The first-order valence-electron chi connectivity index (χ1n) is 7.71. The summed E-state index contributed by atoms with van der Waals surface area (Å²) in [6.45, 7) is 7.88. The first kappa shape index (κ1) is 16.4. The summed E-state index contributed by atoms with van der Waals surface area (Å²) < 4.78 is 25.4. The van der Waals surface area contributed by atoms with Crippen LogP contribution in [-0.2, 0) is 22.8 Å². The average molecular weight is 314 g/mol. The van der Waals surface area contributed by atoms with Gasteiger partial charge in [0.05, 0.1) is 11.5 Å². The summed E-state index contributed by atoms with van der Waals surface area (Å²) in [7, 11) is -2.84. The molecule has 7 heteroatoms. The second kappa shape index (κ2) is 6.87. The summed E-state index contributed by atoms with van der Waals surface area (Å²) in [5.74, 6) is 2.12. The molecule has 2 rings (SSSR count). The lowest BCUT2D eigenvalue weighted by molar-refractivity contribution is 0.324. The molecule has 6 nitrogen and oxygen atoms in total. The molecule has 21 heavy (non-hydrogen) atoms. The standard InChI is InChI=1S/C14H26N4O2S/c1-4-18-14(16-10-17-18)7-13(8-15-11(2)3)12-5-6-21(19,20)9-12/h10-13,15H,4-9H2,1-3H3. The van der Waals surface area contributed by atoms with Gasteiger partial charge in [-0.2, -0.15) is 5.10 Å². The molecule has 1 fully saturated rings. The Labute approximate surface area is 127 Å². The normalized spacial score (nSPS) is 22.8. The summed E-state index contributed by atoms with van der Waals surface area (Å²) in [6, 6.07) is 0.398. The summed E-state index contributed by atoms with van der Waals surface area (Å²) in [6.07, 6.45) is 3.14. The number of aromatic nitrogens is 3. The van der Waals surface area contributed by atoms with Gasteiger partial charge in [0.1, 0.15) is 12.2 Å². The van der Waals surface area contributed by atoms with E-state index in [0.29, 0.717) is 23.5 Å². The van der Waals surface area contributed by atoms with Crippen molar-refractivity contribution in [1.82, 2.24) is 20.1 Å². The topological polar surface area (TPSA) is 76.9 Å². The second-order valence-corrected chi connectivity index (χ2v) is 8.41. The number of hydrogen-bond acceptors (Lipinski definition) is 5. The summed E-state index contributed by atoms with van der Waals surface area (Å²) >= 11 is 0. The van der Waals surface area contributed by atoms with E-state index in [-0.39, 0.29) is 5.92 Å². The van der Waals surface area contributed by atoms with E-state index in [0.717, 1.165) is 31.8 Å². The average Bonchev–Trinajstić information content (AvgIpc) is 3.00. The highest BCUT2D eigenvalue weighted by Crippen LogP contribution is 2.28. The predicted octanol–water partition coefficient (Wildman–Crippen LogP) is 0.889. The van der Waals surface area contributed by atoms with E-state index < -0.39 is 9.84 Å². The maximum Gasteiger partial charge on any atom is 0.150 e. The number of aryl methyl sites for hydroxylation is 1. The Bertz CT molecular complexity index is 553. The molecule has 1 aliphatic heterocycles. The molecule has 2 heterocycles. The highest BCUT2D eigenvalue weighted by Gasteiger charge is 2.34. The molecule has 0 spiro atoms. The predicted molar refractivity (Wildman–Crippen MR) is 82.8 cm³/mol. The lowest BCUT2D eigenvalue weighted by Gasteiger charge is -2.24. The van der Waals surface area contributed by atoms with Crippen LogP contribution >= 0.6 is 0 Å². The number of rotatable bonds is 7. The third-order valence-corrected chi connectivity index (χ3v) is 5.96. The van der Waals surface area contributed by atoms with Gasteiger partial charge in [-0.1, -0.05) is 13.8 Å². The monoisotopic (exact) mass is 314 g/mol. The fraction of sp³-hybridized carbons (Fsp3) is 0.857. The largest absolute Gasteiger partial charge is 0.314 e. The van der Waals surface area contributed by atoms with Crippen molar-refractivity contribution in [2.24, 2.45) is 11.8 Å². The maximum absolute atomic E-state index is 11.8. The summed E-state index contributed by atoms with van der Waals surface area (Å²) in [4.78, 5) is 4.34. The summed E-state index contributed by atoms with van der Waals surface area (Å²) in [5, 5.41) is 7.65. The first-order chi connectivity index (χ1) is 9.91. The lowest BCUT2D eigenvalue weighted by atomic mass is 9.88. The second-order valence-electron chi connectivity index (χ2n) is 6.18. The van der Waals surface area contributed by atoms with Crippen LogP contribution in [0.25, 0.3) is 0 Å². The molecule has 1 aliphatic rings. The third-order valence-electron chi connectivity index (χ3n) is 4.16. The van der Waals surface area contributed by atoms with Crippen LogP contribution < -0.4 is 5.32 Å². The van der Waals surface area contributed by atoms with Crippen molar-refractivity contribution in [2.75, 3.05) is 18.1 Å². The van der Waals surface area contributed by atoms with Crippen LogP contribution in [0.4, 0.5) is 0 Å². The molecule has 0 aliphatic carbocycles. The van der Waals surface area contributed by atoms with Gasteiger partial charge in [0, 0.05) is 19.0 Å². The molecular formula is C14H26N4O2S. The Hall–Kier alpha value is -0.950. The van der Waals surface area contributed by atoms with E-state index >= 15 is 0 Å². The Morgan fingerprint density at radius 1 is 1.48 bits per heavy atom. The molecule has 0 amide bonds. The zero-order valence-electron chi connectivity index (χ0n) is 13.1. The van der Waals surface area contributed by atoms with Crippen molar-refractivity contribution in [3.05, 3.63) is 12.2 Å². The molecule has 0 aromatic carbocycles. The molecule has 0 radical (unpaired) electrons. The van der Waals surface area contributed by atoms with Gasteiger partial charge in [0.2, 0.25) is 0 Å². The minimum atomic E-state index is -2.84. The molecule has 1 saturated heterocycles. The van der Waals surface area contributed by atoms with Gasteiger partial charge in [-0.15, -0.1) is 0 Å². The molecule has 2 unspecified atom stereocenters. The SMILES string of the molecule is CCn1ncnc1CC(CNC(C)C)C1CCS(=O)(=O)C1. The Morgan fingerprint density at radius 2 is 2.24 bits per heavy atom. The molecule has 2 atom stereocenters. The molecule has 0 saturated carbocycles. The molecule has 1 aromatic heterocycles. The minimum absolute atomic E-state index is 0.225. The van der Waals surface area contributed by atoms with Crippen molar-refractivity contribution in [3.63, 3.8) is 0 Å². The van der Waals surface area contributed by atoms with Crippen LogP contribution in [0.15, 0.2) is 6.33 Å². The quantitative estimate of drug-likeness (QED) is 0.809. The van der Waals surface area contributed by atoms with E-state index in [2.05, 4.69) is 29.2 Å². The zero-order valence-corrected chi connectivity index (χ0v) is 13.9. The fourth-order valence-electron chi connectivity index (χ4n) is 2.93. The van der Waals surface area contributed by atoms with E-state index in [1.807, 2.05) is 11.6 Å². The molecule has 1 aromatic rings. The van der Waals surface area contributed by atoms with Gasteiger partial charge in [0.15, 0.2) is 9.84 Å². The third kappa shape index (κ3) is 4.51. The van der Waals surface area contributed by atoms with Crippen molar-refractivity contribution >= 4 is 9.84 Å². The number of hydrogen-bond donors (Lipinski definition) is 1. The van der Waals surface area contributed by atoms with Crippen molar-refractivity contribution in [2.45, 2.75) is 46.2 Å². The molecular weight excluding hydrogens is 288 g/mol. The van der Waals surface area contributed by atoms with E-state index in [1.54, 1.807) is 6.33 Å². The fourth-order valence-corrected chi connectivity index (χ4v) is 4.85. The molecule has 0 bridgehead atoms. The van der Waals surface area contributed by atoms with Crippen LogP contribution in [0.1, 0.15) is 33.0 Å². The van der Waals surface area contributed by atoms with Gasteiger partial charge in [-0.3, -0.25) is 4.68 Å². The van der Waals surface area contributed by atoms with Crippen molar-refractivity contribution in [3.8, 4) is 0 Å². The number of nitrogens with one attached hydrogen (secondary N) is 1. The van der Waals surface area contributed by atoms with Crippen LogP contribution in [0.5, 0.6) is 0 Å². The highest BCUT2D eigenvalue weighted by molar-refractivity contribution is 7.91. The maximum atomic E-state index is 11.8. The Kier molecular flexibility index (Phi) is 5.37. The summed E-state index contributed by atoms with van der Waals surface area (Å²) in [5.41, 5.74) is 0. The molecule has 1 N–H and O–H groups in total. The van der Waals surface area contributed by atoms with Gasteiger partial charge in [-0.25, -0.2) is 13.4 Å². The van der Waals surface area contributed by atoms with Gasteiger partial charge >= 0.3 is 0 Å². The zero-order chi connectivity index (χ0) is 15.5. The van der Waals surface area contributed by atoms with E-state index in [1.165, 1.54) is 0 Å². The smallest absolute Gasteiger partial charge is 0.150 e. The minimum Gasteiger partial charge on any atom is -0.314 e. The van der Waals surface area contributed by atoms with Gasteiger partial charge in [0.25, 0.3) is 0 Å². The first-order valence-corrected chi connectivity index (χ1v) is 9.54. The molecule has 120 valence electrons. The Balaban J connectivity index is 2.08. The van der Waals surface area contributed by atoms with Crippen molar-refractivity contribution in [1.29, 1.82) is 0 Å². The van der Waals surface area contributed by atoms with Gasteiger partial charge in [-0.05, 0) is 31.7 Å². The van der Waals surface area contributed by atoms with Crippen LogP contribution in [-0.4, -0.2) is 47.3 Å². The Morgan fingerprint density at radius 3 is 2.81 bits per heavy atom. The number of nitrogens with zero attached hydrogens (tertiary/aromatic N) is 3. The van der Waals surface area contributed by atoms with Gasteiger partial charge < -0.3 is 5.32 Å². The number of sulfone groups is 1. The van der Waals surface area contributed by atoms with Crippen molar-refractivity contribution < 1.29 is 8.42 Å². The van der Waals surface area contributed by atoms with E-state index in [4.69, 9.17) is 0 Å². The van der Waals surface area contributed by atoms with E-state index in [9.17, 15) is 8.42 Å². The van der Waals surface area contributed by atoms with Crippen LogP contribution in [0, 0.1) is 11.8 Å². The highest BCUT2D eigenvalue weighted by atomic mass is 32.2. The van der Waals surface area contributed by atoms with Crippen LogP contribution in [0.3, 0.4) is 0 Å².